The van der Waals surface area contributed by atoms with E-state index in [1.165, 1.54) is 0 Å². The normalized spacial score (nSPS) is 12.2. The fourth-order valence-corrected chi connectivity index (χ4v) is 2.25. The molecule has 1 atom stereocenters. The van der Waals surface area contributed by atoms with Crippen LogP contribution in [0.1, 0.15) is 48.8 Å². The number of hydrogen-bond acceptors (Lipinski definition) is 4. The molecule has 0 bridgehead atoms. The van der Waals surface area contributed by atoms with Crippen LogP contribution in [0.2, 0.25) is 0 Å². The van der Waals surface area contributed by atoms with Crippen LogP contribution in [0.4, 0.5) is 0 Å². The predicted molar refractivity (Wildman–Crippen MR) is 84.4 cm³/mol. The molecule has 0 saturated heterocycles. The van der Waals surface area contributed by atoms with Crippen LogP contribution in [0.15, 0.2) is 30.3 Å². The van der Waals surface area contributed by atoms with Crippen molar-refractivity contribution in [3.05, 3.63) is 52.8 Å². The Labute approximate surface area is 126 Å². The Balaban J connectivity index is 2.23. The van der Waals surface area contributed by atoms with E-state index < -0.39 is 0 Å². The minimum absolute atomic E-state index is 0.186. The van der Waals surface area contributed by atoms with E-state index in [9.17, 15) is 0 Å². The smallest absolute Gasteiger partial charge is 0.119 e. The van der Waals surface area contributed by atoms with Gasteiger partial charge in [0.2, 0.25) is 0 Å². The quantitative estimate of drug-likeness (QED) is 0.885. The summed E-state index contributed by atoms with van der Waals surface area (Å²) in [6, 6.07) is 9.82. The number of nitrogens with zero attached hydrogens (tertiary/aromatic N) is 2. The third kappa shape index (κ3) is 3.79. The molecule has 4 heteroatoms. The Morgan fingerprint density at radius 3 is 2.48 bits per heavy atom. The second kappa shape index (κ2) is 7.18. The highest BCUT2D eigenvalue weighted by atomic mass is 16.5. The van der Waals surface area contributed by atoms with Crippen molar-refractivity contribution in [3.63, 3.8) is 0 Å². The third-order valence-corrected chi connectivity index (χ3v) is 3.41. The first-order valence-electron chi connectivity index (χ1n) is 7.47. The van der Waals surface area contributed by atoms with Crippen molar-refractivity contribution in [2.45, 2.75) is 39.7 Å². The topological polar surface area (TPSA) is 61.0 Å². The van der Waals surface area contributed by atoms with Crippen molar-refractivity contribution in [1.29, 1.82) is 0 Å². The van der Waals surface area contributed by atoms with Crippen molar-refractivity contribution < 1.29 is 4.74 Å². The summed E-state index contributed by atoms with van der Waals surface area (Å²) >= 11 is 0. The third-order valence-electron chi connectivity index (χ3n) is 3.41. The number of nitrogens with two attached hydrogens (primary N) is 1. The summed E-state index contributed by atoms with van der Waals surface area (Å²) in [4.78, 5) is 0. The molecule has 0 saturated carbocycles. The molecule has 0 aliphatic heterocycles. The molecule has 0 aliphatic rings. The van der Waals surface area contributed by atoms with Gasteiger partial charge in [-0.05, 0) is 49.1 Å². The molecule has 112 valence electrons. The summed E-state index contributed by atoms with van der Waals surface area (Å²) in [6.07, 6.45) is 1.83. The van der Waals surface area contributed by atoms with Crippen LogP contribution in [0, 0.1) is 6.92 Å². The lowest BCUT2D eigenvalue weighted by molar-refractivity contribution is 0.317. The minimum atomic E-state index is -0.186. The summed E-state index contributed by atoms with van der Waals surface area (Å²) in [6.45, 7) is 6.83. The minimum Gasteiger partial charge on any atom is -0.494 e. The lowest BCUT2D eigenvalue weighted by atomic mass is 9.97. The number of rotatable bonds is 6. The van der Waals surface area contributed by atoms with Gasteiger partial charge in [-0.3, -0.25) is 0 Å². The van der Waals surface area contributed by atoms with Crippen LogP contribution in [0.25, 0.3) is 0 Å². The molecule has 2 rings (SSSR count). The van der Waals surface area contributed by atoms with Gasteiger partial charge in [0, 0.05) is 0 Å². The van der Waals surface area contributed by atoms with Gasteiger partial charge in [-0.1, -0.05) is 26.0 Å². The van der Waals surface area contributed by atoms with Gasteiger partial charge < -0.3 is 10.5 Å². The number of aryl methyl sites for hydroxylation is 2. The van der Waals surface area contributed by atoms with Crippen molar-refractivity contribution in [1.82, 2.24) is 10.2 Å². The van der Waals surface area contributed by atoms with Gasteiger partial charge in [-0.25, -0.2) is 0 Å². The largest absolute Gasteiger partial charge is 0.494 e. The molecular weight excluding hydrogens is 262 g/mol. The molecule has 21 heavy (non-hydrogen) atoms. The first-order chi connectivity index (χ1) is 10.2. The zero-order chi connectivity index (χ0) is 15.2. The standard InChI is InChI=1S/C17H23N3O/c1-4-10-21-14-8-6-13(7-9-14)17(18)15-11-12(3)19-20-16(15)5-2/h6-9,11,17H,4-5,10,18H2,1-3H3. The van der Waals surface area contributed by atoms with Crippen molar-refractivity contribution >= 4 is 0 Å². The number of hydrogen-bond donors (Lipinski definition) is 1. The Hall–Kier alpha value is -1.94. The second-order valence-corrected chi connectivity index (χ2v) is 5.14. The van der Waals surface area contributed by atoms with Crippen LogP contribution in [-0.4, -0.2) is 16.8 Å². The zero-order valence-corrected chi connectivity index (χ0v) is 13.0. The first kappa shape index (κ1) is 15.4. The van der Waals surface area contributed by atoms with E-state index in [0.717, 1.165) is 47.7 Å². The summed E-state index contributed by atoms with van der Waals surface area (Å²) in [5.41, 5.74) is 10.4. The molecule has 4 nitrogen and oxygen atoms in total. The molecule has 2 aromatic rings. The molecule has 1 unspecified atom stereocenters. The lowest BCUT2D eigenvalue weighted by Crippen LogP contribution is -2.16. The SMILES string of the molecule is CCCOc1ccc(C(N)c2cc(C)nnc2CC)cc1. The highest BCUT2D eigenvalue weighted by molar-refractivity contribution is 5.37. The molecule has 1 aromatic heterocycles. The van der Waals surface area contributed by atoms with E-state index in [1.807, 2.05) is 37.3 Å². The summed E-state index contributed by atoms with van der Waals surface area (Å²) in [5.74, 6) is 0.882. The molecular formula is C17H23N3O. The molecule has 0 amide bonds. The van der Waals surface area contributed by atoms with E-state index in [-0.39, 0.29) is 6.04 Å². The van der Waals surface area contributed by atoms with Gasteiger partial charge in [-0.15, -0.1) is 0 Å². The van der Waals surface area contributed by atoms with Crippen LogP contribution < -0.4 is 10.5 Å². The van der Waals surface area contributed by atoms with Gasteiger partial charge in [0.15, 0.2) is 0 Å². The van der Waals surface area contributed by atoms with Crippen LogP contribution in [-0.2, 0) is 6.42 Å². The predicted octanol–water partition coefficient (Wildman–Crippen LogP) is 3.18. The summed E-state index contributed by atoms with van der Waals surface area (Å²) in [5, 5.41) is 8.36. The number of ether oxygens (including phenoxy) is 1. The van der Waals surface area contributed by atoms with E-state index in [1.54, 1.807) is 0 Å². The number of aromatic nitrogens is 2. The maximum atomic E-state index is 6.40. The first-order valence-corrected chi connectivity index (χ1v) is 7.47. The van der Waals surface area contributed by atoms with Crippen LogP contribution in [0.3, 0.4) is 0 Å². The maximum Gasteiger partial charge on any atom is 0.119 e. The highest BCUT2D eigenvalue weighted by Crippen LogP contribution is 2.24. The average Bonchev–Trinajstić information content (AvgIpc) is 2.52. The Morgan fingerprint density at radius 1 is 1.14 bits per heavy atom. The van der Waals surface area contributed by atoms with Crippen molar-refractivity contribution in [2.24, 2.45) is 5.73 Å². The molecule has 0 aliphatic carbocycles. The zero-order valence-electron chi connectivity index (χ0n) is 13.0. The van der Waals surface area contributed by atoms with E-state index in [4.69, 9.17) is 10.5 Å². The summed E-state index contributed by atoms with van der Waals surface area (Å²) in [7, 11) is 0. The van der Waals surface area contributed by atoms with E-state index in [2.05, 4.69) is 24.0 Å². The van der Waals surface area contributed by atoms with Crippen LogP contribution in [0.5, 0.6) is 5.75 Å². The molecule has 0 spiro atoms. The molecule has 0 fully saturated rings. The fraction of sp³-hybridized carbons (Fsp3) is 0.412. The fourth-order valence-electron chi connectivity index (χ4n) is 2.25. The molecule has 1 aromatic carbocycles. The van der Waals surface area contributed by atoms with E-state index in [0.29, 0.717) is 0 Å². The van der Waals surface area contributed by atoms with Gasteiger partial charge >= 0.3 is 0 Å². The molecule has 0 radical (unpaired) electrons. The van der Waals surface area contributed by atoms with Gasteiger partial charge in [0.1, 0.15) is 5.75 Å². The monoisotopic (exact) mass is 285 g/mol. The van der Waals surface area contributed by atoms with E-state index >= 15 is 0 Å². The van der Waals surface area contributed by atoms with Gasteiger partial charge in [0.05, 0.1) is 24.0 Å². The molecule has 1 heterocycles. The summed E-state index contributed by atoms with van der Waals surface area (Å²) < 4.78 is 5.60. The average molecular weight is 285 g/mol. The van der Waals surface area contributed by atoms with Gasteiger partial charge in [0.25, 0.3) is 0 Å². The highest BCUT2D eigenvalue weighted by Gasteiger charge is 2.14. The van der Waals surface area contributed by atoms with Crippen molar-refractivity contribution in [2.75, 3.05) is 6.61 Å². The Bertz CT molecular complexity index is 581. The second-order valence-electron chi connectivity index (χ2n) is 5.14. The Kier molecular flexibility index (Phi) is 5.28. The Morgan fingerprint density at radius 2 is 1.86 bits per heavy atom. The number of benzene rings is 1. The maximum absolute atomic E-state index is 6.40. The van der Waals surface area contributed by atoms with Gasteiger partial charge in [-0.2, -0.15) is 10.2 Å². The lowest BCUT2D eigenvalue weighted by Gasteiger charge is -2.16. The molecule has 2 N–H and O–H groups in total. The van der Waals surface area contributed by atoms with Crippen molar-refractivity contribution in [3.8, 4) is 5.75 Å². The van der Waals surface area contributed by atoms with Crippen LogP contribution >= 0.6 is 0 Å².